The number of carbonyl (C=O) groups is 2. The lowest BCUT2D eigenvalue weighted by atomic mass is 10.1. The minimum absolute atomic E-state index is 0.121. The molecule has 0 saturated carbocycles. The van der Waals surface area contributed by atoms with Gasteiger partial charge in [-0.25, -0.2) is 0 Å². The van der Waals surface area contributed by atoms with Crippen molar-refractivity contribution in [1.82, 2.24) is 0 Å². The van der Waals surface area contributed by atoms with Gasteiger partial charge in [0.1, 0.15) is 11.5 Å². The van der Waals surface area contributed by atoms with E-state index in [4.69, 9.17) is 9.47 Å². The Bertz CT molecular complexity index is 1250. The second kappa shape index (κ2) is 9.66. The Hall–Kier alpha value is -4.32. The van der Waals surface area contributed by atoms with Gasteiger partial charge in [-0.3, -0.25) is 9.59 Å². The van der Waals surface area contributed by atoms with Crippen molar-refractivity contribution in [2.24, 2.45) is 0 Å². The predicted octanol–water partition coefficient (Wildman–Crippen LogP) is 5.12. The van der Waals surface area contributed by atoms with E-state index in [0.29, 0.717) is 28.4 Å². The van der Waals surface area contributed by atoms with Gasteiger partial charge in [0.15, 0.2) is 6.61 Å². The van der Waals surface area contributed by atoms with Gasteiger partial charge in [0, 0.05) is 16.6 Å². The Morgan fingerprint density at radius 3 is 2.25 bits per heavy atom. The fraction of sp³-hybridized carbons (Fsp3) is 0.0769. The summed E-state index contributed by atoms with van der Waals surface area (Å²) in [5.41, 5.74) is 1.62. The van der Waals surface area contributed by atoms with Crippen LogP contribution in [0.15, 0.2) is 91.0 Å². The maximum absolute atomic E-state index is 12.5. The van der Waals surface area contributed by atoms with Gasteiger partial charge in [-0.1, -0.05) is 48.5 Å². The lowest BCUT2D eigenvalue weighted by Crippen LogP contribution is -2.20. The smallest absolute Gasteiger partial charge is 0.262 e. The normalized spacial score (nSPS) is 10.4. The molecule has 32 heavy (non-hydrogen) atoms. The Kier molecular flexibility index (Phi) is 6.32. The molecule has 0 unspecified atom stereocenters. The number of fused-ring (bicyclic) bond motifs is 1. The zero-order valence-corrected chi connectivity index (χ0v) is 17.5. The lowest BCUT2D eigenvalue weighted by molar-refractivity contribution is -0.118. The molecule has 0 aliphatic carbocycles. The summed E-state index contributed by atoms with van der Waals surface area (Å²) in [4.78, 5) is 24.8. The van der Waals surface area contributed by atoms with Crippen molar-refractivity contribution in [1.29, 1.82) is 0 Å². The van der Waals surface area contributed by atoms with E-state index in [1.807, 2.05) is 54.6 Å². The molecule has 0 radical (unpaired) electrons. The van der Waals surface area contributed by atoms with Crippen LogP contribution in [0.1, 0.15) is 10.4 Å². The van der Waals surface area contributed by atoms with E-state index in [1.54, 1.807) is 43.5 Å². The standard InChI is InChI=1S/C26H22N2O4/c1-31-24-11-5-4-10-22(24)28-26(30)19-13-15-20(16-14-19)27-25(29)17-32-23-12-6-8-18-7-2-3-9-21(18)23/h2-16H,17H2,1H3,(H,27,29)(H,28,30). The van der Waals surface area contributed by atoms with Gasteiger partial charge in [-0.05, 0) is 47.9 Å². The molecule has 6 nitrogen and oxygen atoms in total. The SMILES string of the molecule is COc1ccccc1NC(=O)c1ccc(NC(=O)COc2cccc3ccccc23)cc1. The van der Waals surface area contributed by atoms with E-state index >= 15 is 0 Å². The first-order valence-electron chi connectivity index (χ1n) is 10.1. The van der Waals surface area contributed by atoms with Crippen molar-refractivity contribution < 1.29 is 19.1 Å². The molecule has 160 valence electrons. The number of amides is 2. The van der Waals surface area contributed by atoms with Crippen LogP contribution in [0.2, 0.25) is 0 Å². The van der Waals surface area contributed by atoms with Gasteiger partial charge in [0.05, 0.1) is 12.8 Å². The van der Waals surface area contributed by atoms with Gasteiger partial charge in [0.2, 0.25) is 0 Å². The highest BCUT2D eigenvalue weighted by Gasteiger charge is 2.10. The van der Waals surface area contributed by atoms with E-state index in [-0.39, 0.29) is 18.4 Å². The summed E-state index contributed by atoms with van der Waals surface area (Å²) in [6.45, 7) is -0.121. The molecule has 4 aromatic rings. The first kappa shape index (κ1) is 20.9. The summed E-state index contributed by atoms with van der Waals surface area (Å²) >= 11 is 0. The van der Waals surface area contributed by atoms with Crippen LogP contribution in [0.4, 0.5) is 11.4 Å². The number of para-hydroxylation sites is 2. The number of anilines is 2. The fourth-order valence-electron chi connectivity index (χ4n) is 3.31. The molecule has 0 fully saturated rings. The molecular formula is C26H22N2O4. The van der Waals surface area contributed by atoms with Crippen molar-refractivity contribution in [3.05, 3.63) is 96.6 Å². The average Bonchev–Trinajstić information content (AvgIpc) is 2.83. The molecule has 0 aliphatic heterocycles. The van der Waals surface area contributed by atoms with Crippen LogP contribution in [-0.2, 0) is 4.79 Å². The van der Waals surface area contributed by atoms with Crippen LogP contribution < -0.4 is 20.1 Å². The first-order valence-corrected chi connectivity index (χ1v) is 10.1. The number of ether oxygens (including phenoxy) is 2. The summed E-state index contributed by atoms with van der Waals surface area (Å²) in [5, 5.41) is 7.60. The second-order valence-electron chi connectivity index (χ2n) is 7.05. The summed E-state index contributed by atoms with van der Waals surface area (Å²) in [6.07, 6.45) is 0. The van der Waals surface area contributed by atoms with Gasteiger partial charge in [-0.15, -0.1) is 0 Å². The van der Waals surface area contributed by atoms with Crippen LogP contribution in [0, 0.1) is 0 Å². The van der Waals surface area contributed by atoms with Gasteiger partial charge in [-0.2, -0.15) is 0 Å². The Balaban J connectivity index is 1.35. The van der Waals surface area contributed by atoms with E-state index < -0.39 is 0 Å². The van der Waals surface area contributed by atoms with Gasteiger partial charge >= 0.3 is 0 Å². The van der Waals surface area contributed by atoms with E-state index in [2.05, 4.69) is 10.6 Å². The number of nitrogens with one attached hydrogen (secondary N) is 2. The maximum atomic E-state index is 12.5. The highest BCUT2D eigenvalue weighted by atomic mass is 16.5. The molecule has 2 N–H and O–H groups in total. The first-order chi connectivity index (χ1) is 15.6. The Morgan fingerprint density at radius 1 is 0.750 bits per heavy atom. The number of methoxy groups -OCH3 is 1. The molecule has 6 heteroatoms. The molecule has 4 aromatic carbocycles. The third kappa shape index (κ3) is 4.87. The summed E-state index contributed by atoms with van der Waals surface area (Å²) < 4.78 is 11.0. The molecule has 0 bridgehead atoms. The molecule has 0 aliphatic rings. The molecule has 0 spiro atoms. The van der Waals surface area contributed by atoms with E-state index in [9.17, 15) is 9.59 Å². The minimum Gasteiger partial charge on any atom is -0.495 e. The zero-order chi connectivity index (χ0) is 22.3. The fourth-order valence-corrected chi connectivity index (χ4v) is 3.31. The summed E-state index contributed by atoms with van der Waals surface area (Å²) in [6, 6.07) is 27.4. The van der Waals surface area contributed by atoms with Crippen molar-refractivity contribution in [2.75, 3.05) is 24.4 Å². The minimum atomic E-state index is -0.288. The number of carbonyl (C=O) groups excluding carboxylic acids is 2. The monoisotopic (exact) mass is 426 g/mol. The third-order valence-electron chi connectivity index (χ3n) is 4.89. The van der Waals surface area contributed by atoms with E-state index in [1.165, 1.54) is 0 Å². The Labute approximate surface area is 185 Å². The van der Waals surface area contributed by atoms with Crippen molar-refractivity contribution in [3.63, 3.8) is 0 Å². The topological polar surface area (TPSA) is 76.7 Å². The summed E-state index contributed by atoms with van der Waals surface area (Å²) in [7, 11) is 1.55. The number of hydrogen-bond donors (Lipinski definition) is 2. The summed E-state index contributed by atoms with van der Waals surface area (Å²) in [5.74, 6) is 0.674. The third-order valence-corrected chi connectivity index (χ3v) is 4.89. The van der Waals surface area contributed by atoms with Crippen LogP contribution in [0.3, 0.4) is 0 Å². The average molecular weight is 426 g/mol. The van der Waals surface area contributed by atoms with Gasteiger partial charge < -0.3 is 20.1 Å². The molecule has 0 aromatic heterocycles. The maximum Gasteiger partial charge on any atom is 0.262 e. The lowest BCUT2D eigenvalue weighted by Gasteiger charge is -2.11. The van der Waals surface area contributed by atoms with Crippen LogP contribution in [0.5, 0.6) is 11.5 Å². The van der Waals surface area contributed by atoms with Crippen molar-refractivity contribution in [2.45, 2.75) is 0 Å². The molecule has 0 saturated heterocycles. The van der Waals surface area contributed by atoms with Crippen LogP contribution in [-0.4, -0.2) is 25.5 Å². The predicted molar refractivity (Wildman–Crippen MR) is 125 cm³/mol. The molecule has 4 rings (SSSR count). The van der Waals surface area contributed by atoms with Gasteiger partial charge in [0.25, 0.3) is 11.8 Å². The highest BCUT2D eigenvalue weighted by molar-refractivity contribution is 6.05. The molecular weight excluding hydrogens is 404 g/mol. The number of benzene rings is 4. The molecule has 2 amide bonds. The number of hydrogen-bond acceptors (Lipinski definition) is 4. The Morgan fingerprint density at radius 2 is 1.44 bits per heavy atom. The molecule has 0 heterocycles. The largest absolute Gasteiger partial charge is 0.495 e. The zero-order valence-electron chi connectivity index (χ0n) is 17.5. The highest BCUT2D eigenvalue weighted by Crippen LogP contribution is 2.25. The quantitative estimate of drug-likeness (QED) is 0.430. The second-order valence-corrected chi connectivity index (χ2v) is 7.05. The van der Waals surface area contributed by atoms with Crippen molar-refractivity contribution >= 4 is 34.0 Å². The van der Waals surface area contributed by atoms with Crippen molar-refractivity contribution in [3.8, 4) is 11.5 Å². The molecule has 0 atom stereocenters. The van der Waals surface area contributed by atoms with Crippen LogP contribution >= 0.6 is 0 Å². The van der Waals surface area contributed by atoms with E-state index in [0.717, 1.165) is 10.8 Å². The number of rotatable bonds is 7. The van der Waals surface area contributed by atoms with Crippen LogP contribution in [0.25, 0.3) is 10.8 Å².